The number of nitrogens with one attached hydrogen (secondary N) is 1. The quantitative estimate of drug-likeness (QED) is 0.871. The van der Waals surface area contributed by atoms with E-state index in [2.05, 4.69) is 5.32 Å². The zero-order valence-electron chi connectivity index (χ0n) is 10.5. The Kier molecular flexibility index (Phi) is 4.31. The molecular formula is C11H16N2O4S. The summed E-state index contributed by atoms with van der Waals surface area (Å²) in [7, 11) is -3.76. The van der Waals surface area contributed by atoms with Gasteiger partial charge in [0.2, 0.25) is 10.0 Å². The molecule has 1 rings (SSSR count). The van der Waals surface area contributed by atoms with Crippen molar-refractivity contribution >= 4 is 21.8 Å². The fourth-order valence-corrected chi connectivity index (χ4v) is 2.35. The van der Waals surface area contributed by atoms with Crippen molar-refractivity contribution in [2.45, 2.75) is 25.7 Å². The van der Waals surface area contributed by atoms with Gasteiger partial charge in [-0.1, -0.05) is 0 Å². The maximum absolute atomic E-state index is 11.3. The van der Waals surface area contributed by atoms with Crippen LogP contribution in [0.5, 0.6) is 0 Å². The molecular weight excluding hydrogens is 256 g/mol. The lowest BCUT2D eigenvalue weighted by molar-refractivity contribution is 0.168. The zero-order chi connectivity index (χ0) is 13.9. The van der Waals surface area contributed by atoms with Crippen molar-refractivity contribution in [2.75, 3.05) is 11.9 Å². The zero-order valence-corrected chi connectivity index (χ0v) is 11.3. The Balaban J connectivity index is 3.13. The minimum Gasteiger partial charge on any atom is -0.450 e. The summed E-state index contributed by atoms with van der Waals surface area (Å²) in [5, 5.41) is 7.62. The molecule has 0 aliphatic rings. The van der Waals surface area contributed by atoms with E-state index >= 15 is 0 Å². The number of ether oxygens (including phenoxy) is 1. The van der Waals surface area contributed by atoms with Gasteiger partial charge in [0.05, 0.1) is 11.5 Å². The van der Waals surface area contributed by atoms with Gasteiger partial charge >= 0.3 is 6.09 Å². The third-order valence-electron chi connectivity index (χ3n) is 2.56. The van der Waals surface area contributed by atoms with E-state index in [4.69, 9.17) is 9.88 Å². The van der Waals surface area contributed by atoms with Crippen LogP contribution in [0.15, 0.2) is 17.0 Å². The molecule has 0 saturated carbocycles. The molecule has 0 aliphatic heterocycles. The number of sulfonamides is 1. The lowest BCUT2D eigenvalue weighted by Crippen LogP contribution is -2.17. The Morgan fingerprint density at radius 2 is 1.94 bits per heavy atom. The molecule has 0 aromatic heterocycles. The highest BCUT2D eigenvalue weighted by atomic mass is 32.2. The molecule has 1 aromatic rings. The Bertz CT molecular complexity index is 567. The van der Waals surface area contributed by atoms with Gasteiger partial charge in [0.25, 0.3) is 0 Å². The van der Waals surface area contributed by atoms with Gasteiger partial charge < -0.3 is 4.74 Å². The minimum atomic E-state index is -3.76. The Morgan fingerprint density at radius 1 is 1.33 bits per heavy atom. The third-order valence-corrected chi connectivity index (χ3v) is 3.61. The van der Waals surface area contributed by atoms with Gasteiger partial charge in [0.15, 0.2) is 0 Å². The van der Waals surface area contributed by atoms with Crippen LogP contribution in [0.1, 0.15) is 18.1 Å². The lowest BCUT2D eigenvalue weighted by atomic mass is 10.1. The molecule has 0 bridgehead atoms. The summed E-state index contributed by atoms with van der Waals surface area (Å²) in [5.41, 5.74) is 1.64. The molecule has 0 aliphatic carbocycles. The summed E-state index contributed by atoms with van der Waals surface area (Å²) in [6, 6.07) is 2.85. The standard InChI is InChI=1S/C11H16N2O4S/c1-4-17-11(14)13-9-5-6-10(18(12,15)16)8(3)7(9)2/h5-6H,4H2,1-3H3,(H,13,14)(H2,12,15,16). The highest BCUT2D eigenvalue weighted by Crippen LogP contribution is 2.24. The van der Waals surface area contributed by atoms with Gasteiger partial charge in [-0.05, 0) is 44.0 Å². The number of hydrogen-bond donors (Lipinski definition) is 2. The van der Waals surface area contributed by atoms with E-state index in [1.54, 1.807) is 20.8 Å². The van der Waals surface area contributed by atoms with Crippen molar-refractivity contribution in [3.05, 3.63) is 23.3 Å². The van der Waals surface area contributed by atoms with Crippen LogP contribution < -0.4 is 10.5 Å². The van der Waals surface area contributed by atoms with Crippen LogP contribution in [0.2, 0.25) is 0 Å². The van der Waals surface area contributed by atoms with Crippen LogP contribution in [0.4, 0.5) is 10.5 Å². The summed E-state index contributed by atoms with van der Waals surface area (Å²) in [4.78, 5) is 11.3. The van der Waals surface area contributed by atoms with Gasteiger partial charge in [-0.25, -0.2) is 18.4 Å². The van der Waals surface area contributed by atoms with Crippen molar-refractivity contribution in [3.8, 4) is 0 Å². The predicted octanol–water partition coefficient (Wildman–Crippen LogP) is 1.52. The maximum atomic E-state index is 11.3. The van der Waals surface area contributed by atoms with Gasteiger partial charge in [0.1, 0.15) is 0 Å². The van der Waals surface area contributed by atoms with Crippen molar-refractivity contribution in [1.29, 1.82) is 0 Å². The van der Waals surface area contributed by atoms with E-state index < -0.39 is 16.1 Å². The molecule has 0 spiro atoms. The highest BCUT2D eigenvalue weighted by Gasteiger charge is 2.15. The summed E-state index contributed by atoms with van der Waals surface area (Å²) in [5.74, 6) is 0. The maximum Gasteiger partial charge on any atom is 0.411 e. The smallest absolute Gasteiger partial charge is 0.411 e. The molecule has 0 unspecified atom stereocenters. The number of carbonyl (C=O) groups is 1. The average Bonchev–Trinajstić information content (AvgIpc) is 2.23. The SMILES string of the molecule is CCOC(=O)Nc1ccc(S(N)(=O)=O)c(C)c1C. The number of primary sulfonamides is 1. The molecule has 7 heteroatoms. The molecule has 100 valence electrons. The Morgan fingerprint density at radius 3 is 2.44 bits per heavy atom. The number of amides is 1. The summed E-state index contributed by atoms with van der Waals surface area (Å²) < 4.78 is 27.4. The Labute approximate surface area is 106 Å². The largest absolute Gasteiger partial charge is 0.450 e. The minimum absolute atomic E-state index is 0.0504. The molecule has 0 atom stereocenters. The van der Waals surface area contributed by atoms with Crippen LogP contribution in [0, 0.1) is 13.8 Å². The van der Waals surface area contributed by atoms with Crippen molar-refractivity contribution < 1.29 is 17.9 Å². The van der Waals surface area contributed by atoms with Gasteiger partial charge in [-0.15, -0.1) is 0 Å². The average molecular weight is 272 g/mol. The van der Waals surface area contributed by atoms with Gasteiger partial charge in [-0.3, -0.25) is 5.32 Å². The van der Waals surface area contributed by atoms with Crippen LogP contribution in [0.3, 0.4) is 0 Å². The normalized spacial score (nSPS) is 11.1. The van der Waals surface area contributed by atoms with Crippen LogP contribution in [-0.2, 0) is 14.8 Å². The first-order chi connectivity index (χ1) is 8.27. The molecule has 0 fully saturated rings. The monoisotopic (exact) mass is 272 g/mol. The molecule has 18 heavy (non-hydrogen) atoms. The second kappa shape index (κ2) is 5.36. The molecule has 0 heterocycles. The van der Waals surface area contributed by atoms with Gasteiger partial charge in [-0.2, -0.15) is 0 Å². The van der Waals surface area contributed by atoms with Crippen molar-refractivity contribution in [1.82, 2.24) is 0 Å². The van der Waals surface area contributed by atoms with Crippen molar-refractivity contribution in [3.63, 3.8) is 0 Å². The van der Waals surface area contributed by atoms with Crippen LogP contribution in [0.25, 0.3) is 0 Å². The fourth-order valence-electron chi connectivity index (χ4n) is 1.52. The number of hydrogen-bond acceptors (Lipinski definition) is 4. The van der Waals surface area contributed by atoms with E-state index in [1.807, 2.05) is 0 Å². The van der Waals surface area contributed by atoms with Crippen molar-refractivity contribution in [2.24, 2.45) is 5.14 Å². The topological polar surface area (TPSA) is 98.5 Å². The van der Waals surface area contributed by atoms with Gasteiger partial charge in [0, 0.05) is 5.69 Å². The molecule has 3 N–H and O–H groups in total. The number of anilines is 1. The number of rotatable bonds is 3. The van der Waals surface area contributed by atoms with Crippen LogP contribution >= 0.6 is 0 Å². The first kappa shape index (κ1) is 14.5. The number of nitrogens with two attached hydrogens (primary N) is 1. The molecule has 0 saturated heterocycles. The summed E-state index contributed by atoms with van der Waals surface area (Å²) in [6.07, 6.45) is -0.580. The Hall–Kier alpha value is -1.60. The number of carbonyl (C=O) groups excluding carboxylic acids is 1. The second-order valence-electron chi connectivity index (χ2n) is 3.75. The summed E-state index contributed by atoms with van der Waals surface area (Å²) in [6.45, 7) is 5.29. The third kappa shape index (κ3) is 3.21. The van der Waals surface area contributed by atoms with E-state index in [-0.39, 0.29) is 11.5 Å². The van der Waals surface area contributed by atoms with E-state index in [0.29, 0.717) is 16.8 Å². The van der Waals surface area contributed by atoms with Crippen LogP contribution in [-0.4, -0.2) is 21.1 Å². The highest BCUT2D eigenvalue weighted by molar-refractivity contribution is 7.89. The molecule has 6 nitrogen and oxygen atoms in total. The lowest BCUT2D eigenvalue weighted by Gasteiger charge is -2.13. The summed E-state index contributed by atoms with van der Waals surface area (Å²) >= 11 is 0. The van der Waals surface area contributed by atoms with E-state index in [9.17, 15) is 13.2 Å². The first-order valence-corrected chi connectivity index (χ1v) is 6.88. The van der Waals surface area contributed by atoms with E-state index in [0.717, 1.165) is 0 Å². The first-order valence-electron chi connectivity index (χ1n) is 5.34. The molecule has 0 radical (unpaired) electrons. The molecule has 1 aromatic carbocycles. The van der Waals surface area contributed by atoms with E-state index in [1.165, 1.54) is 12.1 Å². The fraction of sp³-hybridized carbons (Fsp3) is 0.364. The number of benzene rings is 1. The molecule has 1 amide bonds. The predicted molar refractivity (Wildman–Crippen MR) is 67.9 cm³/mol. The second-order valence-corrected chi connectivity index (χ2v) is 5.28.